The number of benzene rings is 1. The summed E-state index contributed by atoms with van der Waals surface area (Å²) in [5, 5.41) is 13.2. The normalized spacial score (nSPS) is 15.2. The minimum Gasteiger partial charge on any atom is -0.508 e. The molecule has 0 aliphatic rings. The molecule has 108 valence electrons. The van der Waals surface area contributed by atoms with Gasteiger partial charge in [-0.05, 0) is 31.5 Å². The van der Waals surface area contributed by atoms with Gasteiger partial charge in [0.1, 0.15) is 15.6 Å². The van der Waals surface area contributed by atoms with Crippen LogP contribution in [-0.2, 0) is 9.84 Å². The molecule has 0 saturated heterocycles. The first-order valence-corrected chi connectivity index (χ1v) is 9.00. The smallest absolute Gasteiger partial charge is 0.148 e. The van der Waals surface area contributed by atoms with E-state index in [4.69, 9.17) is 0 Å². The highest BCUT2D eigenvalue weighted by Crippen LogP contribution is 2.29. The van der Waals surface area contributed by atoms with E-state index in [0.29, 0.717) is 0 Å². The number of phenols is 1. The lowest BCUT2D eigenvalue weighted by molar-refractivity contribution is 0.424. The van der Waals surface area contributed by atoms with E-state index >= 15 is 0 Å². The van der Waals surface area contributed by atoms with E-state index in [1.165, 1.54) is 6.26 Å². The molecule has 0 amide bonds. The molecule has 0 spiro atoms. The zero-order valence-electron chi connectivity index (χ0n) is 11.4. The molecule has 0 aliphatic carbocycles. The van der Waals surface area contributed by atoms with Crippen molar-refractivity contribution in [1.29, 1.82) is 0 Å². The monoisotopic (exact) mass is 349 g/mol. The topological polar surface area (TPSA) is 66.4 Å². The molecule has 19 heavy (non-hydrogen) atoms. The van der Waals surface area contributed by atoms with Crippen molar-refractivity contribution in [3.63, 3.8) is 0 Å². The van der Waals surface area contributed by atoms with Crippen LogP contribution in [0.4, 0.5) is 0 Å². The van der Waals surface area contributed by atoms with Gasteiger partial charge >= 0.3 is 0 Å². The fourth-order valence-corrected chi connectivity index (χ4v) is 3.46. The number of halogens is 1. The fraction of sp³-hybridized carbons (Fsp3) is 0.538. The van der Waals surface area contributed by atoms with Crippen molar-refractivity contribution in [3.05, 3.63) is 28.2 Å². The Balaban J connectivity index is 2.86. The molecular weight excluding hydrogens is 330 g/mol. The van der Waals surface area contributed by atoms with E-state index in [0.717, 1.165) is 16.5 Å². The molecule has 0 aliphatic heterocycles. The highest BCUT2D eigenvalue weighted by Gasteiger charge is 2.18. The summed E-state index contributed by atoms with van der Waals surface area (Å²) in [7, 11) is -3.01. The van der Waals surface area contributed by atoms with Crippen molar-refractivity contribution in [3.8, 4) is 5.75 Å². The van der Waals surface area contributed by atoms with Crippen molar-refractivity contribution in [2.75, 3.05) is 12.0 Å². The summed E-state index contributed by atoms with van der Waals surface area (Å²) in [6.45, 7) is 3.82. The lowest BCUT2D eigenvalue weighted by atomic mass is 10.0. The van der Waals surface area contributed by atoms with Crippen LogP contribution in [0.1, 0.15) is 31.9 Å². The van der Waals surface area contributed by atoms with Gasteiger partial charge in [0.2, 0.25) is 0 Å². The number of phenolic OH excluding ortho intramolecular Hbond substituents is 1. The summed E-state index contributed by atoms with van der Waals surface area (Å²) in [4.78, 5) is 0. The van der Waals surface area contributed by atoms with E-state index < -0.39 is 9.84 Å². The molecule has 0 saturated carbocycles. The molecule has 0 aromatic heterocycles. The quantitative estimate of drug-likeness (QED) is 0.828. The van der Waals surface area contributed by atoms with Gasteiger partial charge in [0.25, 0.3) is 0 Å². The Kier molecular flexibility index (Phi) is 5.82. The Labute approximate surface area is 123 Å². The van der Waals surface area contributed by atoms with Crippen molar-refractivity contribution in [2.24, 2.45) is 0 Å². The molecule has 2 unspecified atom stereocenters. The van der Waals surface area contributed by atoms with E-state index in [-0.39, 0.29) is 23.6 Å². The third kappa shape index (κ3) is 5.50. The van der Waals surface area contributed by atoms with Crippen LogP contribution in [0.15, 0.2) is 22.7 Å². The standard InChI is InChI=1S/C13H20BrNO3S/c1-4-12(15-9(2)8-19(3,17)18)11-7-10(14)5-6-13(11)16/h5-7,9,12,15-16H,4,8H2,1-3H3. The first kappa shape index (κ1) is 16.5. The first-order chi connectivity index (χ1) is 8.73. The van der Waals surface area contributed by atoms with Gasteiger partial charge in [-0.2, -0.15) is 0 Å². The van der Waals surface area contributed by atoms with Crippen molar-refractivity contribution >= 4 is 25.8 Å². The Hall–Kier alpha value is -0.590. The van der Waals surface area contributed by atoms with Crippen LogP contribution in [0.25, 0.3) is 0 Å². The molecule has 2 atom stereocenters. The summed E-state index contributed by atoms with van der Waals surface area (Å²) in [6.07, 6.45) is 1.99. The lowest BCUT2D eigenvalue weighted by Gasteiger charge is -2.23. The number of nitrogens with one attached hydrogen (secondary N) is 1. The van der Waals surface area contributed by atoms with Crippen LogP contribution in [0.5, 0.6) is 5.75 Å². The maximum atomic E-state index is 11.3. The molecule has 0 radical (unpaired) electrons. The van der Waals surface area contributed by atoms with Crippen molar-refractivity contribution in [2.45, 2.75) is 32.4 Å². The Bertz CT molecular complexity index is 531. The van der Waals surface area contributed by atoms with Crippen LogP contribution in [0.3, 0.4) is 0 Å². The first-order valence-electron chi connectivity index (χ1n) is 6.15. The predicted molar refractivity (Wildman–Crippen MR) is 81.1 cm³/mol. The summed E-state index contributed by atoms with van der Waals surface area (Å²) in [5.74, 6) is 0.298. The van der Waals surface area contributed by atoms with Gasteiger partial charge in [-0.1, -0.05) is 22.9 Å². The second-order valence-corrected chi connectivity index (χ2v) is 7.92. The van der Waals surface area contributed by atoms with E-state index in [9.17, 15) is 13.5 Å². The van der Waals surface area contributed by atoms with Crippen LogP contribution >= 0.6 is 15.9 Å². The summed E-state index contributed by atoms with van der Waals surface area (Å²) >= 11 is 3.37. The van der Waals surface area contributed by atoms with Crippen LogP contribution < -0.4 is 5.32 Å². The summed E-state index contributed by atoms with van der Waals surface area (Å²) in [5.41, 5.74) is 0.775. The molecule has 0 bridgehead atoms. The molecule has 6 heteroatoms. The number of hydrogen-bond acceptors (Lipinski definition) is 4. The maximum Gasteiger partial charge on any atom is 0.148 e. The molecule has 1 rings (SSSR count). The van der Waals surface area contributed by atoms with E-state index in [2.05, 4.69) is 21.2 Å². The Morgan fingerprint density at radius 2 is 2.05 bits per heavy atom. The van der Waals surface area contributed by atoms with Crippen LogP contribution in [0.2, 0.25) is 0 Å². The Morgan fingerprint density at radius 3 is 2.58 bits per heavy atom. The van der Waals surface area contributed by atoms with Gasteiger partial charge in [-0.3, -0.25) is 0 Å². The number of hydrogen-bond donors (Lipinski definition) is 2. The zero-order valence-corrected chi connectivity index (χ0v) is 13.8. The van der Waals surface area contributed by atoms with Gasteiger partial charge in [0.15, 0.2) is 0 Å². The second kappa shape index (κ2) is 6.72. The molecule has 1 aromatic carbocycles. The summed E-state index contributed by atoms with van der Waals surface area (Å²) in [6, 6.07) is 5.01. The van der Waals surface area contributed by atoms with Gasteiger partial charge in [0, 0.05) is 28.4 Å². The molecule has 0 fully saturated rings. The van der Waals surface area contributed by atoms with Crippen LogP contribution in [-0.4, -0.2) is 31.6 Å². The minimum atomic E-state index is -3.01. The molecular formula is C13H20BrNO3S. The Morgan fingerprint density at radius 1 is 1.42 bits per heavy atom. The number of rotatable bonds is 6. The maximum absolute atomic E-state index is 11.3. The summed E-state index contributed by atoms with van der Waals surface area (Å²) < 4.78 is 23.4. The van der Waals surface area contributed by atoms with Gasteiger partial charge < -0.3 is 10.4 Å². The fourth-order valence-electron chi connectivity index (χ4n) is 2.08. The molecule has 0 heterocycles. The number of sulfone groups is 1. The van der Waals surface area contributed by atoms with Gasteiger partial charge in [-0.15, -0.1) is 0 Å². The molecule has 1 aromatic rings. The van der Waals surface area contributed by atoms with Crippen molar-refractivity contribution in [1.82, 2.24) is 5.32 Å². The van der Waals surface area contributed by atoms with Gasteiger partial charge in [-0.25, -0.2) is 8.42 Å². The number of aromatic hydroxyl groups is 1. The third-order valence-corrected chi connectivity index (χ3v) is 4.41. The molecule has 4 nitrogen and oxygen atoms in total. The third-order valence-electron chi connectivity index (χ3n) is 2.81. The average Bonchev–Trinajstić information content (AvgIpc) is 2.27. The van der Waals surface area contributed by atoms with E-state index in [1.54, 1.807) is 12.1 Å². The largest absolute Gasteiger partial charge is 0.508 e. The average molecular weight is 350 g/mol. The second-order valence-electron chi connectivity index (χ2n) is 4.82. The van der Waals surface area contributed by atoms with E-state index in [1.807, 2.05) is 19.9 Å². The highest BCUT2D eigenvalue weighted by atomic mass is 79.9. The van der Waals surface area contributed by atoms with Crippen molar-refractivity contribution < 1.29 is 13.5 Å². The van der Waals surface area contributed by atoms with Gasteiger partial charge in [0.05, 0.1) is 5.75 Å². The minimum absolute atomic E-state index is 0.0748. The SMILES string of the molecule is CCC(NC(C)CS(C)(=O)=O)c1cc(Br)ccc1O. The lowest BCUT2D eigenvalue weighted by Crippen LogP contribution is -2.35. The zero-order chi connectivity index (χ0) is 14.6. The predicted octanol–water partition coefficient (Wildman–Crippen LogP) is 2.63. The highest BCUT2D eigenvalue weighted by molar-refractivity contribution is 9.10. The molecule has 2 N–H and O–H groups in total. The van der Waals surface area contributed by atoms with Crippen LogP contribution in [0, 0.1) is 0 Å².